The van der Waals surface area contributed by atoms with E-state index in [4.69, 9.17) is 23.2 Å². The molecule has 1 aromatic heterocycles. The van der Waals surface area contributed by atoms with Crippen LogP contribution < -0.4 is 0 Å². The molecule has 0 amide bonds. The zero-order chi connectivity index (χ0) is 9.42. The first-order valence-corrected chi connectivity index (χ1v) is 5.13. The van der Waals surface area contributed by atoms with Gasteiger partial charge in [0.1, 0.15) is 10.3 Å². The van der Waals surface area contributed by atoms with E-state index in [1.165, 1.54) is 0 Å². The summed E-state index contributed by atoms with van der Waals surface area (Å²) < 4.78 is 0.930. The highest BCUT2D eigenvalue weighted by Crippen LogP contribution is 2.30. The van der Waals surface area contributed by atoms with E-state index in [1.807, 2.05) is 18.2 Å². The van der Waals surface area contributed by atoms with E-state index in [0.717, 1.165) is 15.2 Å². The lowest BCUT2D eigenvalue weighted by Gasteiger charge is -2.02. The van der Waals surface area contributed by atoms with Crippen molar-refractivity contribution in [3.8, 4) is 0 Å². The molecule has 0 saturated heterocycles. The molecular formula is C9H4BrCl2N. The molecule has 1 heterocycles. The van der Waals surface area contributed by atoms with E-state index in [2.05, 4.69) is 20.9 Å². The van der Waals surface area contributed by atoms with Crippen molar-refractivity contribution in [1.29, 1.82) is 0 Å². The number of benzene rings is 1. The number of halogens is 3. The van der Waals surface area contributed by atoms with Gasteiger partial charge in [-0.05, 0) is 17.5 Å². The second kappa shape index (κ2) is 3.45. The van der Waals surface area contributed by atoms with Gasteiger partial charge < -0.3 is 0 Å². The van der Waals surface area contributed by atoms with Crippen molar-refractivity contribution in [3.63, 3.8) is 0 Å². The highest BCUT2D eigenvalue weighted by molar-refractivity contribution is 9.10. The topological polar surface area (TPSA) is 12.9 Å². The predicted octanol–water partition coefficient (Wildman–Crippen LogP) is 4.30. The van der Waals surface area contributed by atoms with Crippen molar-refractivity contribution in [2.24, 2.45) is 0 Å². The van der Waals surface area contributed by atoms with Crippen LogP contribution in [0.3, 0.4) is 0 Å². The smallest absolute Gasteiger partial charge is 0.139 e. The SMILES string of the molecule is Clc1cc2cccc(Br)c2c(Cl)n1. The summed E-state index contributed by atoms with van der Waals surface area (Å²) in [5.41, 5.74) is 0. The third kappa shape index (κ3) is 1.66. The summed E-state index contributed by atoms with van der Waals surface area (Å²) in [5.74, 6) is 0. The fraction of sp³-hybridized carbons (Fsp3) is 0. The van der Waals surface area contributed by atoms with Crippen LogP contribution in [0, 0.1) is 0 Å². The molecule has 0 aliphatic carbocycles. The van der Waals surface area contributed by atoms with Crippen LogP contribution in [0.4, 0.5) is 0 Å². The van der Waals surface area contributed by atoms with Crippen LogP contribution >= 0.6 is 39.1 Å². The normalized spacial score (nSPS) is 10.7. The molecule has 0 spiro atoms. The standard InChI is InChI=1S/C9H4BrCl2N/c10-6-3-1-2-5-4-7(11)13-9(12)8(5)6/h1-4H. The molecule has 66 valence electrons. The lowest BCUT2D eigenvalue weighted by atomic mass is 10.2. The van der Waals surface area contributed by atoms with Crippen molar-refractivity contribution in [2.75, 3.05) is 0 Å². The lowest BCUT2D eigenvalue weighted by molar-refractivity contribution is 1.36. The minimum atomic E-state index is 0.413. The summed E-state index contributed by atoms with van der Waals surface area (Å²) in [7, 11) is 0. The second-order valence-corrected chi connectivity index (χ2v) is 4.17. The van der Waals surface area contributed by atoms with Gasteiger partial charge in [0.05, 0.1) is 0 Å². The van der Waals surface area contributed by atoms with Crippen LogP contribution in [0.5, 0.6) is 0 Å². The van der Waals surface area contributed by atoms with Gasteiger partial charge in [-0.25, -0.2) is 4.98 Å². The number of aromatic nitrogens is 1. The fourth-order valence-corrected chi connectivity index (χ4v) is 2.42. The minimum Gasteiger partial charge on any atom is -0.224 e. The Bertz CT molecular complexity index is 470. The van der Waals surface area contributed by atoms with Crippen LogP contribution in [-0.4, -0.2) is 4.98 Å². The molecule has 0 fully saturated rings. The van der Waals surface area contributed by atoms with Gasteiger partial charge in [-0.2, -0.15) is 0 Å². The molecule has 0 N–H and O–H groups in total. The summed E-state index contributed by atoms with van der Waals surface area (Å²) in [4.78, 5) is 3.96. The molecule has 0 radical (unpaired) electrons. The van der Waals surface area contributed by atoms with Crippen molar-refractivity contribution >= 4 is 49.9 Å². The molecule has 13 heavy (non-hydrogen) atoms. The Kier molecular flexibility index (Phi) is 2.45. The summed E-state index contributed by atoms with van der Waals surface area (Å²) >= 11 is 15.1. The predicted molar refractivity (Wildman–Crippen MR) is 59.5 cm³/mol. The van der Waals surface area contributed by atoms with Crippen LogP contribution in [0.15, 0.2) is 28.7 Å². The first-order chi connectivity index (χ1) is 6.18. The second-order valence-electron chi connectivity index (χ2n) is 2.57. The van der Waals surface area contributed by atoms with E-state index in [-0.39, 0.29) is 0 Å². The van der Waals surface area contributed by atoms with E-state index in [0.29, 0.717) is 10.3 Å². The van der Waals surface area contributed by atoms with E-state index in [1.54, 1.807) is 6.07 Å². The Morgan fingerprint density at radius 2 is 2.00 bits per heavy atom. The number of pyridine rings is 1. The lowest BCUT2D eigenvalue weighted by Crippen LogP contribution is -1.81. The van der Waals surface area contributed by atoms with Crippen LogP contribution in [-0.2, 0) is 0 Å². The van der Waals surface area contributed by atoms with Gasteiger partial charge >= 0.3 is 0 Å². The Morgan fingerprint density at radius 1 is 1.23 bits per heavy atom. The first-order valence-electron chi connectivity index (χ1n) is 3.59. The Morgan fingerprint density at radius 3 is 2.77 bits per heavy atom. The van der Waals surface area contributed by atoms with Gasteiger partial charge in [0, 0.05) is 9.86 Å². The highest BCUT2D eigenvalue weighted by atomic mass is 79.9. The summed E-state index contributed by atoms with van der Waals surface area (Å²) in [5, 5.41) is 2.72. The molecular weight excluding hydrogens is 273 g/mol. The molecule has 0 unspecified atom stereocenters. The monoisotopic (exact) mass is 275 g/mol. The molecule has 4 heteroatoms. The molecule has 0 aliphatic rings. The highest BCUT2D eigenvalue weighted by Gasteiger charge is 2.05. The maximum absolute atomic E-state index is 5.94. The minimum absolute atomic E-state index is 0.413. The van der Waals surface area contributed by atoms with Crippen LogP contribution in [0.1, 0.15) is 0 Å². The molecule has 2 aromatic rings. The third-order valence-electron chi connectivity index (χ3n) is 1.73. The van der Waals surface area contributed by atoms with Gasteiger partial charge in [-0.3, -0.25) is 0 Å². The Hall–Kier alpha value is -0.310. The Balaban J connectivity index is 2.94. The van der Waals surface area contributed by atoms with Gasteiger partial charge in [-0.15, -0.1) is 0 Å². The molecule has 1 nitrogen and oxygen atoms in total. The third-order valence-corrected chi connectivity index (χ3v) is 2.86. The van der Waals surface area contributed by atoms with Crippen molar-refractivity contribution in [2.45, 2.75) is 0 Å². The summed E-state index contributed by atoms with van der Waals surface area (Å²) in [6, 6.07) is 7.58. The molecule has 0 atom stereocenters. The maximum atomic E-state index is 5.94. The number of rotatable bonds is 0. The van der Waals surface area contributed by atoms with Crippen molar-refractivity contribution in [3.05, 3.63) is 39.0 Å². The summed E-state index contributed by atoms with van der Waals surface area (Å²) in [6.45, 7) is 0. The number of hydrogen-bond acceptors (Lipinski definition) is 1. The molecule has 0 saturated carbocycles. The van der Waals surface area contributed by atoms with Gasteiger partial charge in [0.25, 0.3) is 0 Å². The number of nitrogens with zero attached hydrogens (tertiary/aromatic N) is 1. The van der Waals surface area contributed by atoms with E-state index in [9.17, 15) is 0 Å². The maximum Gasteiger partial charge on any atom is 0.139 e. The van der Waals surface area contributed by atoms with Crippen LogP contribution in [0.2, 0.25) is 10.3 Å². The van der Waals surface area contributed by atoms with Gasteiger partial charge in [0.15, 0.2) is 0 Å². The zero-order valence-electron chi connectivity index (χ0n) is 6.39. The quantitative estimate of drug-likeness (QED) is 0.654. The van der Waals surface area contributed by atoms with Gasteiger partial charge in [-0.1, -0.05) is 51.3 Å². The van der Waals surface area contributed by atoms with E-state index >= 15 is 0 Å². The molecule has 1 aromatic carbocycles. The average Bonchev–Trinajstić information content (AvgIpc) is 2.02. The first kappa shape index (κ1) is 9.25. The molecule has 0 bridgehead atoms. The molecule has 0 aliphatic heterocycles. The average molecular weight is 277 g/mol. The van der Waals surface area contributed by atoms with Crippen molar-refractivity contribution < 1.29 is 0 Å². The van der Waals surface area contributed by atoms with Crippen LogP contribution in [0.25, 0.3) is 10.8 Å². The van der Waals surface area contributed by atoms with Crippen molar-refractivity contribution in [1.82, 2.24) is 4.98 Å². The largest absolute Gasteiger partial charge is 0.224 e. The number of hydrogen-bond donors (Lipinski definition) is 0. The van der Waals surface area contributed by atoms with E-state index < -0.39 is 0 Å². The Labute approximate surface area is 93.8 Å². The fourth-order valence-electron chi connectivity index (χ4n) is 1.19. The summed E-state index contributed by atoms with van der Waals surface area (Å²) in [6.07, 6.45) is 0. The molecule has 2 rings (SSSR count). The number of fused-ring (bicyclic) bond motifs is 1. The van der Waals surface area contributed by atoms with Gasteiger partial charge in [0.2, 0.25) is 0 Å². The zero-order valence-corrected chi connectivity index (χ0v) is 9.49.